The Morgan fingerprint density at radius 3 is 2.47 bits per heavy atom. The highest BCUT2D eigenvalue weighted by Crippen LogP contribution is 2.24. The molecule has 2 aliphatic rings. The fraction of sp³-hybridized carbons (Fsp3) is 0.857. The second kappa shape index (κ2) is 6.48. The van der Waals surface area contributed by atoms with Crippen LogP contribution >= 0.6 is 0 Å². The zero-order chi connectivity index (χ0) is 13.8. The summed E-state index contributed by atoms with van der Waals surface area (Å²) in [6.07, 6.45) is 4.34. The van der Waals surface area contributed by atoms with Gasteiger partial charge in [-0.05, 0) is 25.3 Å². The second-order valence-electron chi connectivity index (χ2n) is 5.66. The first-order chi connectivity index (χ1) is 9.15. The number of hydrogen-bond acceptors (Lipinski definition) is 4. The van der Waals surface area contributed by atoms with Crippen molar-refractivity contribution in [1.29, 1.82) is 0 Å². The summed E-state index contributed by atoms with van der Waals surface area (Å²) in [7, 11) is 0. The molecule has 5 heteroatoms. The molecule has 0 aromatic carbocycles. The van der Waals surface area contributed by atoms with Crippen LogP contribution in [0.3, 0.4) is 0 Å². The zero-order valence-corrected chi connectivity index (χ0v) is 11.8. The lowest BCUT2D eigenvalue weighted by Crippen LogP contribution is -2.49. The van der Waals surface area contributed by atoms with Crippen LogP contribution in [-0.4, -0.2) is 53.8 Å². The van der Waals surface area contributed by atoms with Gasteiger partial charge in [0.25, 0.3) is 0 Å². The first-order valence-corrected chi connectivity index (χ1v) is 7.43. The second-order valence-corrected chi connectivity index (χ2v) is 5.66. The Morgan fingerprint density at radius 2 is 1.89 bits per heavy atom. The Bertz CT molecular complexity index is 330. The smallest absolute Gasteiger partial charge is 0.229 e. The molecule has 0 aliphatic carbocycles. The fourth-order valence-corrected chi connectivity index (χ4v) is 3.19. The predicted octanol–water partition coefficient (Wildman–Crippen LogP) is 0.585. The van der Waals surface area contributed by atoms with Crippen molar-refractivity contribution < 1.29 is 9.59 Å². The molecule has 2 N–H and O–H groups in total. The number of amides is 2. The van der Waals surface area contributed by atoms with Gasteiger partial charge >= 0.3 is 0 Å². The summed E-state index contributed by atoms with van der Waals surface area (Å²) in [6, 6.07) is 0.409. The highest BCUT2D eigenvalue weighted by molar-refractivity contribution is 6.01. The lowest BCUT2D eigenvalue weighted by atomic mass is 9.89. The van der Waals surface area contributed by atoms with Crippen molar-refractivity contribution in [2.24, 2.45) is 11.7 Å². The van der Waals surface area contributed by atoms with Crippen molar-refractivity contribution in [2.75, 3.05) is 26.2 Å². The molecule has 0 aromatic heterocycles. The van der Waals surface area contributed by atoms with E-state index >= 15 is 0 Å². The molecule has 0 spiro atoms. The maximum absolute atomic E-state index is 11.6. The molecule has 0 radical (unpaired) electrons. The average molecular weight is 267 g/mol. The summed E-state index contributed by atoms with van der Waals surface area (Å²) in [5.41, 5.74) is 5.86. The largest absolute Gasteiger partial charge is 0.329 e. The summed E-state index contributed by atoms with van der Waals surface area (Å²) in [6.45, 7) is 5.24. The van der Waals surface area contributed by atoms with E-state index in [1.165, 1.54) is 17.7 Å². The third kappa shape index (κ3) is 3.34. The Kier molecular flexibility index (Phi) is 4.93. The summed E-state index contributed by atoms with van der Waals surface area (Å²) < 4.78 is 0. The van der Waals surface area contributed by atoms with E-state index in [-0.39, 0.29) is 11.8 Å². The van der Waals surface area contributed by atoms with E-state index in [0.29, 0.717) is 32.0 Å². The molecule has 2 fully saturated rings. The molecule has 2 aliphatic heterocycles. The highest BCUT2D eigenvalue weighted by Gasteiger charge is 2.31. The van der Waals surface area contributed by atoms with Gasteiger partial charge in [0.1, 0.15) is 0 Å². The van der Waals surface area contributed by atoms with E-state index in [0.717, 1.165) is 25.4 Å². The molecule has 19 heavy (non-hydrogen) atoms. The molecule has 2 heterocycles. The van der Waals surface area contributed by atoms with Crippen molar-refractivity contribution in [3.8, 4) is 0 Å². The van der Waals surface area contributed by atoms with Gasteiger partial charge in [-0.1, -0.05) is 13.3 Å². The van der Waals surface area contributed by atoms with E-state index in [1.54, 1.807) is 0 Å². The normalized spacial score (nSPS) is 29.3. The SMILES string of the molecule is CCC1CCN(CCN2C(=O)CCC2=O)C(CN)C1. The zero-order valence-electron chi connectivity index (χ0n) is 11.8. The molecule has 5 nitrogen and oxygen atoms in total. The Morgan fingerprint density at radius 1 is 1.21 bits per heavy atom. The topological polar surface area (TPSA) is 66.6 Å². The first kappa shape index (κ1) is 14.5. The quantitative estimate of drug-likeness (QED) is 0.740. The van der Waals surface area contributed by atoms with E-state index in [1.807, 2.05) is 0 Å². The molecule has 2 rings (SSSR count). The lowest BCUT2D eigenvalue weighted by Gasteiger charge is -2.39. The molecule has 0 saturated carbocycles. The maximum atomic E-state index is 11.6. The number of hydrogen-bond donors (Lipinski definition) is 1. The monoisotopic (exact) mass is 267 g/mol. The van der Waals surface area contributed by atoms with Crippen molar-refractivity contribution in [3.05, 3.63) is 0 Å². The van der Waals surface area contributed by atoms with Crippen LogP contribution in [0.15, 0.2) is 0 Å². The van der Waals surface area contributed by atoms with E-state index in [9.17, 15) is 9.59 Å². The van der Waals surface area contributed by atoms with Crippen LogP contribution in [-0.2, 0) is 9.59 Å². The van der Waals surface area contributed by atoms with Gasteiger partial charge in [-0.2, -0.15) is 0 Å². The van der Waals surface area contributed by atoms with Gasteiger partial charge in [-0.25, -0.2) is 0 Å². The predicted molar refractivity (Wildman–Crippen MR) is 73.4 cm³/mol. The van der Waals surface area contributed by atoms with Gasteiger partial charge in [-0.15, -0.1) is 0 Å². The van der Waals surface area contributed by atoms with E-state index < -0.39 is 0 Å². The third-order valence-electron chi connectivity index (χ3n) is 4.56. The number of piperidine rings is 1. The molecule has 2 saturated heterocycles. The number of nitrogens with zero attached hydrogens (tertiary/aromatic N) is 2. The van der Waals surface area contributed by atoms with Crippen molar-refractivity contribution >= 4 is 11.8 Å². The number of likely N-dealkylation sites (tertiary alicyclic amines) is 2. The standard InChI is InChI=1S/C14H25N3O2/c1-2-11-5-6-16(12(9-11)10-15)7-8-17-13(18)3-4-14(17)19/h11-12H,2-10,15H2,1H3. The Hall–Kier alpha value is -0.940. The average Bonchev–Trinajstić information content (AvgIpc) is 2.75. The van der Waals surface area contributed by atoms with Crippen molar-refractivity contribution in [3.63, 3.8) is 0 Å². The molecule has 0 aromatic rings. The maximum Gasteiger partial charge on any atom is 0.229 e. The molecule has 2 atom stereocenters. The number of rotatable bonds is 5. The summed E-state index contributed by atoms with van der Waals surface area (Å²) >= 11 is 0. The molecule has 108 valence electrons. The number of nitrogens with two attached hydrogens (primary N) is 1. The molecular weight excluding hydrogens is 242 g/mol. The number of imide groups is 1. The Balaban J connectivity index is 1.85. The molecule has 2 amide bonds. The first-order valence-electron chi connectivity index (χ1n) is 7.43. The third-order valence-corrected chi connectivity index (χ3v) is 4.56. The summed E-state index contributed by atoms with van der Waals surface area (Å²) in [5, 5.41) is 0. The van der Waals surface area contributed by atoms with Crippen LogP contribution in [0, 0.1) is 5.92 Å². The number of carbonyl (C=O) groups excluding carboxylic acids is 2. The van der Waals surface area contributed by atoms with Gasteiger partial charge < -0.3 is 5.73 Å². The molecule has 2 unspecified atom stereocenters. The van der Waals surface area contributed by atoms with Crippen LogP contribution in [0.25, 0.3) is 0 Å². The fourth-order valence-electron chi connectivity index (χ4n) is 3.19. The summed E-state index contributed by atoms with van der Waals surface area (Å²) in [5.74, 6) is 0.746. The van der Waals surface area contributed by atoms with Crippen LogP contribution in [0.2, 0.25) is 0 Å². The minimum atomic E-state index is -0.0160. The van der Waals surface area contributed by atoms with Crippen LogP contribution in [0.1, 0.15) is 39.0 Å². The van der Waals surface area contributed by atoms with Gasteiger partial charge in [0.05, 0.1) is 0 Å². The van der Waals surface area contributed by atoms with Gasteiger partial charge in [0.2, 0.25) is 11.8 Å². The summed E-state index contributed by atoms with van der Waals surface area (Å²) in [4.78, 5) is 26.9. The van der Waals surface area contributed by atoms with Gasteiger partial charge in [0, 0.05) is 38.5 Å². The van der Waals surface area contributed by atoms with Gasteiger partial charge in [-0.3, -0.25) is 19.4 Å². The van der Waals surface area contributed by atoms with E-state index in [4.69, 9.17) is 5.73 Å². The molecule has 0 bridgehead atoms. The van der Waals surface area contributed by atoms with Gasteiger partial charge in [0.15, 0.2) is 0 Å². The Labute approximate surface area is 115 Å². The van der Waals surface area contributed by atoms with Crippen molar-refractivity contribution in [2.45, 2.75) is 45.1 Å². The van der Waals surface area contributed by atoms with Crippen LogP contribution in [0.4, 0.5) is 0 Å². The minimum absolute atomic E-state index is 0.0160. The van der Waals surface area contributed by atoms with Crippen LogP contribution < -0.4 is 5.73 Å². The van der Waals surface area contributed by atoms with E-state index in [2.05, 4.69) is 11.8 Å². The highest BCUT2D eigenvalue weighted by atomic mass is 16.2. The van der Waals surface area contributed by atoms with Crippen LogP contribution in [0.5, 0.6) is 0 Å². The number of carbonyl (C=O) groups is 2. The lowest BCUT2D eigenvalue weighted by molar-refractivity contribution is -0.138. The molecular formula is C14H25N3O2. The minimum Gasteiger partial charge on any atom is -0.329 e. The van der Waals surface area contributed by atoms with Crippen molar-refractivity contribution in [1.82, 2.24) is 9.80 Å².